The van der Waals surface area contributed by atoms with Crippen LogP contribution >= 0.6 is 11.6 Å². The molecule has 84 valence electrons. The van der Waals surface area contributed by atoms with E-state index in [0.717, 1.165) is 5.56 Å². The summed E-state index contributed by atoms with van der Waals surface area (Å²) in [7, 11) is 0. The van der Waals surface area contributed by atoms with Gasteiger partial charge >= 0.3 is 0 Å². The third-order valence-corrected chi connectivity index (χ3v) is 2.98. The zero-order chi connectivity index (χ0) is 11.6. The average Bonchev–Trinajstić information content (AvgIpc) is 2.20. The molecule has 0 saturated heterocycles. The molecule has 4 N–H and O–H groups in total. The second-order valence-corrected chi connectivity index (χ2v) is 4.04. The first-order valence-corrected chi connectivity index (χ1v) is 5.23. The molecule has 0 saturated carbocycles. The predicted octanol–water partition coefficient (Wildman–Crippen LogP) is 2.04. The minimum Gasteiger partial charge on any atom is -0.506 e. The number of benzene rings is 1. The van der Waals surface area contributed by atoms with Gasteiger partial charge < -0.3 is 15.9 Å². The van der Waals surface area contributed by atoms with Crippen LogP contribution in [0, 0.1) is 13.8 Å². The Morgan fingerprint density at radius 1 is 1.47 bits per heavy atom. The summed E-state index contributed by atoms with van der Waals surface area (Å²) in [6, 6.07) is 1.75. The van der Waals surface area contributed by atoms with E-state index >= 15 is 0 Å². The fourth-order valence-corrected chi connectivity index (χ4v) is 1.80. The van der Waals surface area contributed by atoms with Gasteiger partial charge in [-0.25, -0.2) is 0 Å². The summed E-state index contributed by atoms with van der Waals surface area (Å²) in [5.74, 6) is 0.0814. The molecule has 1 rings (SSSR count). The molecular weight excluding hydrogens is 214 g/mol. The maximum atomic E-state index is 9.82. The van der Waals surface area contributed by atoms with Crippen molar-refractivity contribution in [2.75, 3.05) is 6.54 Å². The van der Waals surface area contributed by atoms with E-state index < -0.39 is 6.10 Å². The topological polar surface area (TPSA) is 66.5 Å². The van der Waals surface area contributed by atoms with E-state index in [1.165, 1.54) is 0 Å². The largest absolute Gasteiger partial charge is 0.506 e. The first-order valence-electron chi connectivity index (χ1n) is 4.85. The second-order valence-electron chi connectivity index (χ2n) is 3.66. The molecule has 1 aromatic rings. The van der Waals surface area contributed by atoms with Crippen LogP contribution in [0.15, 0.2) is 6.07 Å². The molecule has 1 atom stereocenters. The van der Waals surface area contributed by atoms with Crippen molar-refractivity contribution in [3.8, 4) is 5.75 Å². The first-order chi connectivity index (χ1) is 6.99. The van der Waals surface area contributed by atoms with Crippen molar-refractivity contribution in [3.63, 3.8) is 0 Å². The maximum absolute atomic E-state index is 9.82. The summed E-state index contributed by atoms with van der Waals surface area (Å²) in [6.45, 7) is 3.94. The van der Waals surface area contributed by atoms with Crippen LogP contribution in [-0.4, -0.2) is 16.8 Å². The van der Waals surface area contributed by atoms with Crippen LogP contribution in [0.4, 0.5) is 0 Å². The number of rotatable bonds is 3. The van der Waals surface area contributed by atoms with Crippen LogP contribution in [0.1, 0.15) is 29.2 Å². The third kappa shape index (κ3) is 2.43. The molecule has 0 aliphatic rings. The number of halogens is 1. The van der Waals surface area contributed by atoms with Crippen molar-refractivity contribution < 1.29 is 10.2 Å². The van der Waals surface area contributed by atoms with E-state index in [1.54, 1.807) is 19.9 Å². The third-order valence-electron chi connectivity index (χ3n) is 2.51. The molecule has 0 heterocycles. The number of phenols is 1. The van der Waals surface area contributed by atoms with Crippen molar-refractivity contribution in [1.82, 2.24) is 0 Å². The van der Waals surface area contributed by atoms with Gasteiger partial charge in [0.25, 0.3) is 0 Å². The molecule has 1 aromatic carbocycles. The van der Waals surface area contributed by atoms with Gasteiger partial charge in [0, 0.05) is 0 Å². The van der Waals surface area contributed by atoms with Crippen molar-refractivity contribution in [2.45, 2.75) is 26.4 Å². The highest BCUT2D eigenvalue weighted by molar-refractivity contribution is 6.33. The molecular formula is C11H16ClNO2. The van der Waals surface area contributed by atoms with E-state index in [0.29, 0.717) is 29.1 Å². The van der Waals surface area contributed by atoms with Crippen molar-refractivity contribution >= 4 is 11.6 Å². The highest BCUT2D eigenvalue weighted by atomic mass is 35.5. The van der Waals surface area contributed by atoms with Gasteiger partial charge in [0.05, 0.1) is 11.1 Å². The van der Waals surface area contributed by atoms with Gasteiger partial charge in [-0.3, -0.25) is 0 Å². The highest BCUT2D eigenvalue weighted by Crippen LogP contribution is 2.35. The molecule has 0 aliphatic carbocycles. The smallest absolute Gasteiger partial charge is 0.137 e. The lowest BCUT2D eigenvalue weighted by Crippen LogP contribution is -2.08. The quantitative estimate of drug-likeness (QED) is 0.743. The Morgan fingerprint density at radius 3 is 2.60 bits per heavy atom. The van der Waals surface area contributed by atoms with E-state index in [2.05, 4.69) is 0 Å². The van der Waals surface area contributed by atoms with Gasteiger partial charge in [0.2, 0.25) is 0 Å². The van der Waals surface area contributed by atoms with Crippen LogP contribution in [0.3, 0.4) is 0 Å². The lowest BCUT2D eigenvalue weighted by atomic mass is 9.98. The zero-order valence-electron chi connectivity index (χ0n) is 8.92. The summed E-state index contributed by atoms with van der Waals surface area (Å²) in [5, 5.41) is 19.7. The monoisotopic (exact) mass is 229 g/mol. The number of aliphatic hydroxyl groups is 1. The second kappa shape index (κ2) is 4.84. The van der Waals surface area contributed by atoms with E-state index in [4.69, 9.17) is 17.3 Å². The van der Waals surface area contributed by atoms with E-state index in [1.807, 2.05) is 0 Å². The summed E-state index contributed by atoms with van der Waals surface area (Å²) in [4.78, 5) is 0. The Labute approximate surface area is 94.5 Å². The molecule has 0 spiro atoms. The minimum atomic E-state index is -0.619. The molecule has 15 heavy (non-hydrogen) atoms. The standard InChI is InChI=1S/C11H16ClNO2/c1-6-5-8(9(14)3-4-13)7(2)10(12)11(6)15/h5,9,14-15H,3-4,13H2,1-2H3. The average molecular weight is 230 g/mol. The van der Waals surface area contributed by atoms with Gasteiger partial charge in [-0.1, -0.05) is 11.6 Å². The molecule has 3 nitrogen and oxygen atoms in total. The molecule has 4 heteroatoms. The van der Waals surface area contributed by atoms with Gasteiger partial charge in [-0.2, -0.15) is 0 Å². The van der Waals surface area contributed by atoms with Crippen LogP contribution in [0.5, 0.6) is 5.75 Å². The molecule has 0 amide bonds. The Morgan fingerprint density at radius 2 is 2.07 bits per heavy atom. The highest BCUT2D eigenvalue weighted by Gasteiger charge is 2.16. The molecule has 0 bridgehead atoms. The number of phenolic OH excluding ortho intramolecular Hbond substituents is 1. The maximum Gasteiger partial charge on any atom is 0.137 e. The zero-order valence-corrected chi connectivity index (χ0v) is 9.67. The number of aromatic hydroxyl groups is 1. The Balaban J connectivity index is 3.19. The van der Waals surface area contributed by atoms with E-state index in [9.17, 15) is 10.2 Å². The summed E-state index contributed by atoms with van der Waals surface area (Å²) in [6.07, 6.45) is -0.131. The number of aryl methyl sites for hydroxylation is 1. The molecule has 1 unspecified atom stereocenters. The summed E-state index contributed by atoms with van der Waals surface area (Å²) in [5.41, 5.74) is 7.49. The van der Waals surface area contributed by atoms with Gasteiger partial charge in [0.1, 0.15) is 5.75 Å². The van der Waals surface area contributed by atoms with Gasteiger partial charge in [-0.15, -0.1) is 0 Å². The van der Waals surface area contributed by atoms with Crippen LogP contribution in [0.25, 0.3) is 0 Å². The summed E-state index contributed by atoms with van der Waals surface area (Å²) < 4.78 is 0. The normalized spacial score (nSPS) is 12.9. The van der Waals surface area contributed by atoms with Crippen LogP contribution < -0.4 is 5.73 Å². The number of hydrogen-bond donors (Lipinski definition) is 3. The summed E-state index contributed by atoms with van der Waals surface area (Å²) >= 11 is 5.94. The van der Waals surface area contributed by atoms with Crippen molar-refractivity contribution in [1.29, 1.82) is 0 Å². The minimum absolute atomic E-state index is 0.0814. The number of hydrogen-bond acceptors (Lipinski definition) is 3. The Bertz CT molecular complexity index is 366. The van der Waals surface area contributed by atoms with Gasteiger partial charge in [0.15, 0.2) is 0 Å². The predicted molar refractivity (Wildman–Crippen MR) is 61.2 cm³/mol. The SMILES string of the molecule is Cc1cc(C(O)CCN)c(C)c(Cl)c1O. The first kappa shape index (κ1) is 12.3. The van der Waals surface area contributed by atoms with Crippen LogP contribution in [0.2, 0.25) is 5.02 Å². The lowest BCUT2D eigenvalue weighted by molar-refractivity contribution is 0.169. The van der Waals surface area contributed by atoms with Crippen molar-refractivity contribution in [2.24, 2.45) is 5.73 Å². The Hall–Kier alpha value is -0.770. The molecule has 0 radical (unpaired) electrons. The Kier molecular flexibility index (Phi) is 3.97. The lowest BCUT2D eigenvalue weighted by Gasteiger charge is -2.16. The number of aliphatic hydroxyl groups excluding tert-OH is 1. The van der Waals surface area contributed by atoms with Gasteiger partial charge in [-0.05, 0) is 49.6 Å². The number of nitrogens with two attached hydrogens (primary N) is 1. The molecule has 0 aromatic heterocycles. The molecule has 0 fully saturated rings. The van der Waals surface area contributed by atoms with E-state index in [-0.39, 0.29) is 5.75 Å². The van der Waals surface area contributed by atoms with Crippen molar-refractivity contribution in [3.05, 3.63) is 27.8 Å². The fourth-order valence-electron chi connectivity index (χ4n) is 1.55. The molecule has 0 aliphatic heterocycles. The fraction of sp³-hybridized carbons (Fsp3) is 0.455. The van der Waals surface area contributed by atoms with Crippen LogP contribution in [-0.2, 0) is 0 Å².